The van der Waals surface area contributed by atoms with Crippen molar-refractivity contribution in [1.29, 1.82) is 0 Å². The van der Waals surface area contributed by atoms with Crippen molar-refractivity contribution in [3.05, 3.63) is 70.3 Å². The van der Waals surface area contributed by atoms with Gasteiger partial charge in [0.05, 0.1) is 17.0 Å². The first-order valence-electron chi connectivity index (χ1n) is 16.3. The van der Waals surface area contributed by atoms with Crippen LogP contribution in [0.3, 0.4) is 0 Å². The summed E-state index contributed by atoms with van der Waals surface area (Å²) in [6.45, 7) is 5.25. The van der Waals surface area contributed by atoms with Gasteiger partial charge in [-0.05, 0) is 105 Å². The second-order valence-electron chi connectivity index (χ2n) is 13.2. The number of carbonyl (C=O) groups is 2. The van der Waals surface area contributed by atoms with E-state index in [9.17, 15) is 18.0 Å². The van der Waals surface area contributed by atoms with Gasteiger partial charge < -0.3 is 19.3 Å². The van der Waals surface area contributed by atoms with Crippen molar-refractivity contribution in [1.82, 2.24) is 9.62 Å². The number of benzene rings is 2. The highest BCUT2D eigenvalue weighted by Gasteiger charge is 2.39. The highest BCUT2D eigenvalue weighted by molar-refractivity contribution is 7.90. The van der Waals surface area contributed by atoms with E-state index in [0.29, 0.717) is 36.3 Å². The predicted octanol–water partition coefficient (Wildman–Crippen LogP) is 5.61. The molecule has 2 heterocycles. The molecule has 1 N–H and O–H groups in total. The lowest BCUT2D eigenvalue weighted by Crippen LogP contribution is -2.45. The molecule has 0 radical (unpaired) electrons. The number of nitrogens with zero attached hydrogens (tertiary/aromatic N) is 2. The zero-order valence-electron chi connectivity index (χ0n) is 27.2. The van der Waals surface area contributed by atoms with Gasteiger partial charge in [0.15, 0.2) is 0 Å². The Morgan fingerprint density at radius 1 is 1.11 bits per heavy atom. The first-order valence-corrected chi connectivity index (χ1v) is 18.2. The minimum absolute atomic E-state index is 0.0219. The number of allylic oxidation sites excluding steroid dienone is 1. The predicted molar refractivity (Wildman–Crippen MR) is 181 cm³/mol. The molecule has 2 aliphatic heterocycles. The van der Waals surface area contributed by atoms with Crippen LogP contribution in [0.2, 0.25) is 5.02 Å². The van der Waals surface area contributed by atoms with Crippen molar-refractivity contribution >= 4 is 39.1 Å². The number of likely N-dealkylation sites (N-methyl/N-ethyl adjacent to an activating group) is 1. The number of hydrogen-bond acceptors (Lipinski definition) is 7. The molecule has 46 heavy (non-hydrogen) atoms. The Morgan fingerprint density at radius 2 is 1.91 bits per heavy atom. The first kappa shape index (κ1) is 34.3. The molecule has 2 amide bonds. The summed E-state index contributed by atoms with van der Waals surface area (Å²) in [6, 6.07) is 11.0. The summed E-state index contributed by atoms with van der Waals surface area (Å²) in [6.07, 6.45) is 8.89. The molecular weight excluding hydrogens is 626 g/mol. The molecule has 2 aromatic carbocycles. The summed E-state index contributed by atoms with van der Waals surface area (Å²) >= 11 is 6.33. The molecule has 0 spiro atoms. The maximum Gasteiger partial charge on any atom is 0.264 e. The molecule has 9 nitrogen and oxygen atoms in total. The van der Waals surface area contributed by atoms with Gasteiger partial charge >= 0.3 is 0 Å². The van der Waals surface area contributed by atoms with Crippen LogP contribution in [-0.4, -0.2) is 70.3 Å². The molecule has 0 saturated heterocycles. The summed E-state index contributed by atoms with van der Waals surface area (Å²) in [5, 5.41) is -0.114. The van der Waals surface area contributed by atoms with Crippen LogP contribution in [0.25, 0.3) is 0 Å². The summed E-state index contributed by atoms with van der Waals surface area (Å²) < 4.78 is 41.6. The Morgan fingerprint density at radius 3 is 2.65 bits per heavy atom. The maximum atomic E-state index is 13.4. The number of sulfonamides is 1. The summed E-state index contributed by atoms with van der Waals surface area (Å²) in [4.78, 5) is 29.7. The summed E-state index contributed by atoms with van der Waals surface area (Å²) in [5.41, 5.74) is 3.25. The van der Waals surface area contributed by atoms with E-state index in [1.807, 2.05) is 37.3 Å². The smallest absolute Gasteiger partial charge is 0.264 e. The van der Waals surface area contributed by atoms with E-state index in [-0.39, 0.29) is 36.0 Å². The fourth-order valence-electron chi connectivity index (χ4n) is 6.44. The average molecular weight is 672 g/mol. The van der Waals surface area contributed by atoms with Gasteiger partial charge in [-0.2, -0.15) is 0 Å². The van der Waals surface area contributed by atoms with Crippen molar-refractivity contribution in [2.45, 2.75) is 70.3 Å². The molecule has 2 aromatic rings. The molecule has 250 valence electrons. The first-order chi connectivity index (χ1) is 21.9. The van der Waals surface area contributed by atoms with Gasteiger partial charge in [-0.15, -0.1) is 0 Å². The van der Waals surface area contributed by atoms with E-state index in [1.165, 1.54) is 4.90 Å². The average Bonchev–Trinajstić information content (AvgIpc) is 3.03. The van der Waals surface area contributed by atoms with Crippen LogP contribution < -0.4 is 14.4 Å². The minimum Gasteiger partial charge on any atom is -0.487 e. The molecule has 2 bridgehead atoms. The van der Waals surface area contributed by atoms with Crippen molar-refractivity contribution < 1.29 is 27.5 Å². The Kier molecular flexibility index (Phi) is 11.0. The lowest BCUT2D eigenvalue weighted by atomic mass is 9.70. The van der Waals surface area contributed by atoms with Gasteiger partial charge in [0.2, 0.25) is 15.9 Å². The number of nitrogens with one attached hydrogen (secondary N) is 1. The SMILES string of the molecule is C[C@@H]1[C@@H](C)C/C=C/[C@H](OCC(=O)N(C)C)[C@@H]2CC[C@H]2CN2CCCCc3cc(Cl)ccc3COc3ccc(cc32)C(=O)NS1(=O)=O. The third kappa shape index (κ3) is 8.06. The summed E-state index contributed by atoms with van der Waals surface area (Å²) in [7, 11) is -0.533. The fourth-order valence-corrected chi connectivity index (χ4v) is 7.92. The molecule has 0 unspecified atom stereocenters. The number of ether oxygens (including phenoxy) is 2. The Balaban J connectivity index is 1.53. The van der Waals surface area contributed by atoms with Crippen molar-refractivity contribution in [2.24, 2.45) is 17.8 Å². The number of amides is 2. The van der Waals surface area contributed by atoms with E-state index in [2.05, 4.69) is 9.62 Å². The fraction of sp³-hybridized carbons (Fsp3) is 0.543. The van der Waals surface area contributed by atoms with Crippen LogP contribution in [0.5, 0.6) is 5.75 Å². The second-order valence-corrected chi connectivity index (χ2v) is 15.6. The Hall–Kier alpha value is -3.08. The number of rotatable bonds is 3. The lowest BCUT2D eigenvalue weighted by Gasteiger charge is -2.44. The van der Waals surface area contributed by atoms with Gasteiger partial charge in [-0.3, -0.25) is 9.59 Å². The molecule has 1 fully saturated rings. The van der Waals surface area contributed by atoms with Gasteiger partial charge in [0.25, 0.3) is 5.91 Å². The highest BCUT2D eigenvalue weighted by atomic mass is 35.5. The third-order valence-electron chi connectivity index (χ3n) is 9.85. The lowest BCUT2D eigenvalue weighted by molar-refractivity contribution is -0.137. The van der Waals surface area contributed by atoms with Gasteiger partial charge in [0, 0.05) is 37.8 Å². The van der Waals surface area contributed by atoms with Crippen LogP contribution in [0.4, 0.5) is 5.69 Å². The molecule has 0 aromatic heterocycles. The highest BCUT2D eigenvalue weighted by Crippen LogP contribution is 2.42. The van der Waals surface area contributed by atoms with Crippen molar-refractivity contribution in [3.8, 4) is 5.75 Å². The van der Waals surface area contributed by atoms with Crippen LogP contribution in [-0.2, 0) is 32.6 Å². The number of halogens is 1. The molecule has 5 rings (SSSR count). The van der Waals surface area contributed by atoms with Crippen LogP contribution >= 0.6 is 11.6 Å². The number of fused-ring (bicyclic) bond motifs is 3. The van der Waals surface area contributed by atoms with Crippen LogP contribution in [0.15, 0.2) is 48.6 Å². The molecule has 1 aliphatic carbocycles. The largest absolute Gasteiger partial charge is 0.487 e. The van der Waals surface area contributed by atoms with Crippen LogP contribution in [0.1, 0.15) is 67.4 Å². The van der Waals surface area contributed by atoms with Gasteiger partial charge in [-0.25, -0.2) is 13.1 Å². The maximum absolute atomic E-state index is 13.4. The molecule has 1 saturated carbocycles. The van der Waals surface area contributed by atoms with Gasteiger partial charge in [0.1, 0.15) is 19.0 Å². The van der Waals surface area contributed by atoms with Crippen LogP contribution in [0, 0.1) is 17.8 Å². The van der Waals surface area contributed by atoms with E-state index in [0.717, 1.165) is 55.5 Å². The molecule has 11 heteroatoms. The van der Waals surface area contributed by atoms with E-state index >= 15 is 0 Å². The number of carbonyl (C=O) groups excluding carboxylic acids is 2. The zero-order valence-corrected chi connectivity index (χ0v) is 28.8. The second kappa shape index (κ2) is 14.8. The number of hydrogen-bond donors (Lipinski definition) is 1. The van der Waals surface area contributed by atoms with Gasteiger partial charge in [-0.1, -0.05) is 36.7 Å². The molecular formula is C35H46ClN3O6S. The molecule has 3 aliphatic rings. The van der Waals surface area contributed by atoms with Crippen molar-refractivity contribution in [3.63, 3.8) is 0 Å². The van der Waals surface area contributed by atoms with Crippen molar-refractivity contribution in [2.75, 3.05) is 38.7 Å². The summed E-state index contributed by atoms with van der Waals surface area (Å²) in [5.74, 6) is 0.0963. The topological polar surface area (TPSA) is 105 Å². The van der Waals surface area contributed by atoms with E-state index < -0.39 is 21.2 Å². The van der Waals surface area contributed by atoms with E-state index in [1.54, 1.807) is 39.2 Å². The minimum atomic E-state index is -3.96. The molecule has 5 atom stereocenters. The third-order valence-corrected chi connectivity index (χ3v) is 12.0. The monoisotopic (exact) mass is 671 g/mol. The Labute approximate surface area is 278 Å². The normalized spacial score (nSPS) is 27.4. The van der Waals surface area contributed by atoms with E-state index in [4.69, 9.17) is 21.1 Å². The zero-order chi connectivity index (χ0) is 33.0. The standard InChI is InChI=1S/C35H46ClN3O6S/c1-23-8-7-10-32(45-22-34(40)38(3)4)30-15-12-27(30)20-39-17-6-5-9-25-18-29(36)14-11-28(25)21-44-33-16-13-26(19-31(33)39)35(41)37-46(42,43)24(23)2/h7,10-11,13-14,16,18-19,23-24,27,30,32H,5-6,8-9,12,15,17,20-22H2,1-4H3,(H,37,41)/b10-7+/t23-,24+,27-,30+,32-/m0/s1. The Bertz CT molecular complexity index is 1560. The number of anilines is 1. The number of aryl methyl sites for hydroxylation is 1. The quantitative estimate of drug-likeness (QED) is 0.423.